The van der Waals surface area contributed by atoms with Gasteiger partial charge in [0.15, 0.2) is 5.78 Å². The molecule has 0 fully saturated rings. The predicted octanol–water partition coefficient (Wildman–Crippen LogP) is 4.08. The highest BCUT2D eigenvalue weighted by atomic mass is 16.5. The Hall–Kier alpha value is -3.08. The molecule has 1 amide bonds. The Bertz CT molecular complexity index is 823. The minimum Gasteiger partial charge on any atom is -0.494 e. The van der Waals surface area contributed by atoms with Crippen molar-refractivity contribution in [2.24, 2.45) is 0 Å². The van der Waals surface area contributed by atoms with Gasteiger partial charge in [0, 0.05) is 36.9 Å². The number of rotatable bonds is 8. The normalized spacial score (nSPS) is 10.7. The molecule has 2 rings (SSSR count). The fourth-order valence-electron chi connectivity index (χ4n) is 2.49. The van der Waals surface area contributed by atoms with E-state index in [0.717, 1.165) is 11.3 Å². The van der Waals surface area contributed by atoms with Crippen LogP contribution in [0.15, 0.2) is 48.5 Å². The van der Waals surface area contributed by atoms with Crippen molar-refractivity contribution in [1.29, 1.82) is 0 Å². The molecule has 0 spiro atoms. The number of nitrogens with zero attached hydrogens (tertiary/aromatic N) is 1. The number of carbonyl (C=O) groups excluding carboxylic acids is 2. The first kappa shape index (κ1) is 20.2. The lowest BCUT2D eigenvalue weighted by molar-refractivity contribution is 0.0827. The number of amides is 1. The molecule has 0 N–H and O–H groups in total. The fraction of sp³-hybridized carbons (Fsp3) is 0.273. The zero-order valence-corrected chi connectivity index (χ0v) is 16.2. The van der Waals surface area contributed by atoms with Gasteiger partial charge >= 0.3 is 0 Å². The number of ketones is 1. The smallest absolute Gasteiger partial charge is 0.253 e. The van der Waals surface area contributed by atoms with Crippen LogP contribution in [0.4, 0.5) is 0 Å². The van der Waals surface area contributed by atoms with E-state index in [4.69, 9.17) is 9.47 Å². The molecule has 0 aromatic heterocycles. The van der Waals surface area contributed by atoms with Gasteiger partial charge in [-0.1, -0.05) is 12.1 Å². The summed E-state index contributed by atoms with van der Waals surface area (Å²) in [6, 6.07) is 12.2. The van der Waals surface area contributed by atoms with Gasteiger partial charge in [0.25, 0.3) is 5.91 Å². The summed E-state index contributed by atoms with van der Waals surface area (Å²) in [6.45, 7) is 4.92. The summed E-state index contributed by atoms with van der Waals surface area (Å²) in [5.74, 6) is 1.15. The van der Waals surface area contributed by atoms with Gasteiger partial charge in [-0.25, -0.2) is 0 Å². The van der Waals surface area contributed by atoms with E-state index in [1.54, 1.807) is 44.4 Å². The average molecular weight is 367 g/mol. The van der Waals surface area contributed by atoms with E-state index in [-0.39, 0.29) is 11.7 Å². The molecule has 2 aromatic carbocycles. The Morgan fingerprint density at radius 1 is 0.926 bits per heavy atom. The minimum atomic E-state index is -0.143. The quantitative estimate of drug-likeness (QED) is 0.521. The van der Waals surface area contributed by atoms with Crippen molar-refractivity contribution in [3.8, 4) is 11.5 Å². The van der Waals surface area contributed by atoms with E-state index in [0.29, 0.717) is 30.1 Å². The van der Waals surface area contributed by atoms with Crippen molar-refractivity contribution in [2.75, 3.05) is 27.3 Å². The van der Waals surface area contributed by atoms with Gasteiger partial charge in [-0.15, -0.1) is 0 Å². The first-order valence-corrected chi connectivity index (χ1v) is 8.90. The van der Waals surface area contributed by atoms with E-state index in [1.807, 2.05) is 32.0 Å². The van der Waals surface area contributed by atoms with Gasteiger partial charge < -0.3 is 14.4 Å². The summed E-state index contributed by atoms with van der Waals surface area (Å²) in [5, 5.41) is 0. The maximum absolute atomic E-state index is 12.4. The van der Waals surface area contributed by atoms with Crippen molar-refractivity contribution in [2.45, 2.75) is 13.8 Å². The maximum Gasteiger partial charge on any atom is 0.253 e. The molecule has 0 saturated carbocycles. The molecular formula is C22H25NO4. The van der Waals surface area contributed by atoms with Crippen molar-refractivity contribution >= 4 is 17.8 Å². The number of ether oxygens (including phenoxy) is 2. The Morgan fingerprint density at radius 3 is 2.15 bits per heavy atom. The van der Waals surface area contributed by atoms with E-state index >= 15 is 0 Å². The SMILES string of the molecule is CCOc1ccc(C=CC(=O)c2ccc(C(=O)N(C)C)cc2)c(OCC)c1. The molecule has 0 aliphatic carbocycles. The van der Waals surface area contributed by atoms with Gasteiger partial charge in [-0.3, -0.25) is 9.59 Å². The van der Waals surface area contributed by atoms with E-state index in [1.165, 1.54) is 11.0 Å². The van der Waals surface area contributed by atoms with Crippen LogP contribution in [-0.2, 0) is 0 Å². The third-order valence-corrected chi connectivity index (χ3v) is 3.83. The minimum absolute atomic E-state index is 0.0970. The maximum atomic E-state index is 12.4. The molecule has 0 radical (unpaired) electrons. The summed E-state index contributed by atoms with van der Waals surface area (Å²) >= 11 is 0. The Morgan fingerprint density at radius 2 is 1.56 bits per heavy atom. The third-order valence-electron chi connectivity index (χ3n) is 3.83. The summed E-state index contributed by atoms with van der Waals surface area (Å²) in [7, 11) is 3.38. The lowest BCUT2D eigenvalue weighted by atomic mass is 10.1. The Labute approximate surface area is 160 Å². The van der Waals surface area contributed by atoms with Crippen LogP contribution >= 0.6 is 0 Å². The topological polar surface area (TPSA) is 55.8 Å². The van der Waals surface area contributed by atoms with Crippen molar-refractivity contribution in [1.82, 2.24) is 4.90 Å². The molecule has 0 unspecified atom stereocenters. The van der Waals surface area contributed by atoms with Gasteiger partial charge in [-0.2, -0.15) is 0 Å². The van der Waals surface area contributed by atoms with Crippen molar-refractivity contribution in [3.63, 3.8) is 0 Å². The van der Waals surface area contributed by atoms with Crippen molar-refractivity contribution in [3.05, 3.63) is 65.2 Å². The molecule has 0 atom stereocenters. The zero-order chi connectivity index (χ0) is 19.8. The van der Waals surface area contributed by atoms with Gasteiger partial charge in [-0.05, 0) is 50.3 Å². The first-order valence-electron chi connectivity index (χ1n) is 8.90. The summed E-state index contributed by atoms with van der Waals surface area (Å²) in [6.07, 6.45) is 3.23. The lowest BCUT2D eigenvalue weighted by Gasteiger charge is -2.10. The van der Waals surface area contributed by atoms with Crippen LogP contribution in [0.25, 0.3) is 6.08 Å². The monoisotopic (exact) mass is 367 g/mol. The number of hydrogen-bond donors (Lipinski definition) is 0. The molecule has 0 bridgehead atoms. The van der Waals surface area contributed by atoms with Crippen LogP contribution in [0, 0.1) is 0 Å². The average Bonchev–Trinajstić information content (AvgIpc) is 2.67. The largest absolute Gasteiger partial charge is 0.494 e. The second kappa shape index (κ2) is 9.57. The lowest BCUT2D eigenvalue weighted by Crippen LogP contribution is -2.21. The third kappa shape index (κ3) is 5.45. The summed E-state index contributed by atoms with van der Waals surface area (Å²) in [5.41, 5.74) is 1.86. The summed E-state index contributed by atoms with van der Waals surface area (Å²) in [4.78, 5) is 25.8. The van der Waals surface area contributed by atoms with Gasteiger partial charge in [0.05, 0.1) is 13.2 Å². The van der Waals surface area contributed by atoms with Crippen LogP contribution in [0.5, 0.6) is 11.5 Å². The molecule has 5 heteroatoms. The van der Waals surface area contributed by atoms with Crippen LogP contribution in [-0.4, -0.2) is 43.9 Å². The molecule has 0 aliphatic heterocycles. The van der Waals surface area contributed by atoms with Crippen LogP contribution in [0.1, 0.15) is 40.1 Å². The van der Waals surface area contributed by atoms with Crippen LogP contribution < -0.4 is 9.47 Å². The molecule has 2 aromatic rings. The van der Waals surface area contributed by atoms with E-state index in [2.05, 4.69) is 0 Å². The molecule has 5 nitrogen and oxygen atoms in total. The van der Waals surface area contributed by atoms with Gasteiger partial charge in [0.2, 0.25) is 0 Å². The van der Waals surface area contributed by atoms with Crippen LogP contribution in [0.2, 0.25) is 0 Å². The fourth-order valence-corrected chi connectivity index (χ4v) is 2.49. The molecule has 142 valence electrons. The van der Waals surface area contributed by atoms with Crippen LogP contribution in [0.3, 0.4) is 0 Å². The highest BCUT2D eigenvalue weighted by Gasteiger charge is 2.09. The number of allylic oxidation sites excluding steroid dienone is 1. The molecule has 0 heterocycles. The molecule has 27 heavy (non-hydrogen) atoms. The first-order chi connectivity index (χ1) is 13.0. The Balaban J connectivity index is 2.17. The van der Waals surface area contributed by atoms with E-state index in [9.17, 15) is 9.59 Å². The molecule has 0 aliphatic rings. The second-order valence-electron chi connectivity index (χ2n) is 6.04. The number of hydrogen-bond acceptors (Lipinski definition) is 4. The Kier molecular flexibility index (Phi) is 7.17. The standard InChI is InChI=1S/C22H25NO4/c1-5-26-19-13-11-17(21(15-19)27-6-2)12-14-20(24)16-7-9-18(10-8-16)22(25)23(3)4/h7-15H,5-6H2,1-4H3. The zero-order valence-electron chi connectivity index (χ0n) is 16.2. The number of benzene rings is 2. The number of carbonyl (C=O) groups is 2. The van der Waals surface area contributed by atoms with E-state index < -0.39 is 0 Å². The molecular weight excluding hydrogens is 342 g/mol. The predicted molar refractivity (Wildman–Crippen MR) is 107 cm³/mol. The second-order valence-corrected chi connectivity index (χ2v) is 6.04. The highest BCUT2D eigenvalue weighted by Crippen LogP contribution is 2.26. The van der Waals surface area contributed by atoms with Gasteiger partial charge in [0.1, 0.15) is 11.5 Å². The molecule has 0 saturated heterocycles. The highest BCUT2D eigenvalue weighted by molar-refractivity contribution is 6.07. The summed E-state index contributed by atoms with van der Waals surface area (Å²) < 4.78 is 11.1. The van der Waals surface area contributed by atoms with Crippen molar-refractivity contribution < 1.29 is 19.1 Å².